The Morgan fingerprint density at radius 1 is 1.46 bits per heavy atom. The number of hydrogen-bond acceptors (Lipinski definition) is 2. The predicted octanol–water partition coefficient (Wildman–Crippen LogP) is 2.29. The lowest BCUT2D eigenvalue weighted by Crippen LogP contribution is -1.86. The lowest BCUT2D eigenvalue weighted by atomic mass is 10.3. The van der Waals surface area contributed by atoms with Crippen molar-refractivity contribution in [2.45, 2.75) is 0 Å². The maximum atomic E-state index is 10.9. The summed E-state index contributed by atoms with van der Waals surface area (Å²) in [6.07, 6.45) is 1.61. The standard InChI is InChI=1S/C9H12NO2P/c1-13(11,12)8-7-10-9-5-3-2-4-6-9/h2-7H,8H2,1H3,(H,11,12). The Labute approximate surface area is 77.6 Å². The van der Waals surface area contributed by atoms with Crippen molar-refractivity contribution < 1.29 is 9.46 Å². The number of hydrogen-bond donors (Lipinski definition) is 1. The first-order chi connectivity index (χ1) is 6.08. The predicted molar refractivity (Wildman–Crippen MR) is 55.2 cm³/mol. The van der Waals surface area contributed by atoms with Gasteiger partial charge >= 0.3 is 0 Å². The van der Waals surface area contributed by atoms with Crippen molar-refractivity contribution in [2.75, 3.05) is 12.8 Å². The molecule has 13 heavy (non-hydrogen) atoms. The third-order valence-corrected chi connectivity index (χ3v) is 2.26. The van der Waals surface area contributed by atoms with Crippen LogP contribution in [0.4, 0.5) is 5.69 Å². The van der Waals surface area contributed by atoms with Crippen LogP contribution in [-0.2, 0) is 4.57 Å². The third kappa shape index (κ3) is 4.61. The van der Waals surface area contributed by atoms with Crippen LogP contribution in [0.15, 0.2) is 35.3 Å². The lowest BCUT2D eigenvalue weighted by Gasteiger charge is -1.98. The first-order valence-electron chi connectivity index (χ1n) is 3.95. The van der Waals surface area contributed by atoms with Crippen molar-refractivity contribution in [3.8, 4) is 0 Å². The van der Waals surface area contributed by atoms with Crippen molar-refractivity contribution in [2.24, 2.45) is 4.99 Å². The van der Waals surface area contributed by atoms with Gasteiger partial charge < -0.3 is 4.89 Å². The molecule has 1 N–H and O–H groups in total. The van der Waals surface area contributed by atoms with Gasteiger partial charge in [-0.1, -0.05) is 18.2 Å². The van der Waals surface area contributed by atoms with Gasteiger partial charge in [-0.2, -0.15) is 0 Å². The van der Waals surface area contributed by atoms with Crippen LogP contribution in [-0.4, -0.2) is 23.9 Å². The minimum absolute atomic E-state index is 0.127. The van der Waals surface area contributed by atoms with Gasteiger partial charge in [0.2, 0.25) is 7.37 Å². The Morgan fingerprint density at radius 3 is 2.62 bits per heavy atom. The second-order valence-corrected chi connectivity index (χ2v) is 5.35. The topological polar surface area (TPSA) is 49.7 Å². The summed E-state index contributed by atoms with van der Waals surface area (Å²) in [5, 5.41) is 0. The fourth-order valence-corrected chi connectivity index (χ4v) is 1.20. The van der Waals surface area contributed by atoms with Gasteiger partial charge in [-0.05, 0) is 12.1 Å². The minimum atomic E-state index is -2.95. The van der Waals surface area contributed by atoms with E-state index < -0.39 is 7.37 Å². The van der Waals surface area contributed by atoms with Crippen molar-refractivity contribution >= 4 is 19.3 Å². The van der Waals surface area contributed by atoms with Gasteiger partial charge in [0.05, 0.1) is 11.8 Å². The van der Waals surface area contributed by atoms with Crippen molar-refractivity contribution in [1.82, 2.24) is 0 Å². The molecule has 70 valence electrons. The normalized spacial score (nSPS) is 15.8. The highest BCUT2D eigenvalue weighted by Gasteiger charge is 2.05. The van der Waals surface area contributed by atoms with Crippen LogP contribution >= 0.6 is 7.37 Å². The molecule has 1 atom stereocenters. The third-order valence-electron chi connectivity index (χ3n) is 1.42. The largest absolute Gasteiger partial charge is 0.344 e. The second kappa shape index (κ2) is 4.35. The van der Waals surface area contributed by atoms with E-state index in [1.54, 1.807) is 0 Å². The Kier molecular flexibility index (Phi) is 3.40. The molecule has 0 aliphatic carbocycles. The van der Waals surface area contributed by atoms with E-state index in [9.17, 15) is 4.57 Å². The van der Waals surface area contributed by atoms with E-state index in [1.165, 1.54) is 12.9 Å². The average Bonchev–Trinajstić information content (AvgIpc) is 2.04. The van der Waals surface area contributed by atoms with Gasteiger partial charge in [-0.25, -0.2) is 0 Å². The molecule has 0 fully saturated rings. The highest BCUT2D eigenvalue weighted by molar-refractivity contribution is 7.58. The summed E-state index contributed by atoms with van der Waals surface area (Å²) in [5.41, 5.74) is 0.802. The molecule has 0 radical (unpaired) electrons. The molecule has 0 spiro atoms. The van der Waals surface area contributed by atoms with Crippen LogP contribution in [0, 0.1) is 0 Å². The summed E-state index contributed by atoms with van der Waals surface area (Å²) < 4.78 is 10.9. The minimum Gasteiger partial charge on any atom is -0.344 e. The SMILES string of the molecule is CP(=O)(O)CC=Nc1ccccc1. The molecule has 0 aromatic heterocycles. The Balaban J connectivity index is 2.56. The van der Waals surface area contributed by atoms with Gasteiger partial charge in [-0.3, -0.25) is 9.56 Å². The number of aliphatic imine (C=N–C) groups is 1. The molecule has 0 amide bonds. The van der Waals surface area contributed by atoms with E-state index in [1.807, 2.05) is 30.3 Å². The van der Waals surface area contributed by atoms with Crippen LogP contribution in [0.2, 0.25) is 0 Å². The number of nitrogens with zero attached hydrogens (tertiary/aromatic N) is 1. The lowest BCUT2D eigenvalue weighted by molar-refractivity contribution is 0.489. The van der Waals surface area contributed by atoms with Crippen LogP contribution in [0.1, 0.15) is 0 Å². The number of para-hydroxylation sites is 1. The Hall–Kier alpha value is -0.920. The summed E-state index contributed by atoms with van der Waals surface area (Å²) in [6, 6.07) is 9.33. The highest BCUT2D eigenvalue weighted by atomic mass is 31.2. The van der Waals surface area contributed by atoms with Crippen LogP contribution in [0.25, 0.3) is 0 Å². The molecule has 0 saturated carbocycles. The second-order valence-electron chi connectivity index (χ2n) is 2.88. The van der Waals surface area contributed by atoms with Crippen LogP contribution < -0.4 is 0 Å². The number of benzene rings is 1. The van der Waals surface area contributed by atoms with E-state index in [2.05, 4.69) is 4.99 Å². The fraction of sp³-hybridized carbons (Fsp3) is 0.222. The van der Waals surface area contributed by atoms with Crippen molar-refractivity contribution in [1.29, 1.82) is 0 Å². The molecule has 1 aromatic rings. The molecule has 0 bridgehead atoms. The summed E-state index contributed by atoms with van der Waals surface area (Å²) in [7, 11) is -2.95. The van der Waals surface area contributed by atoms with E-state index in [0.717, 1.165) is 5.69 Å². The van der Waals surface area contributed by atoms with E-state index >= 15 is 0 Å². The molecule has 0 aliphatic heterocycles. The summed E-state index contributed by atoms with van der Waals surface area (Å²) in [4.78, 5) is 13.0. The average molecular weight is 197 g/mol. The van der Waals surface area contributed by atoms with Gasteiger partial charge in [-0.15, -0.1) is 0 Å². The first-order valence-corrected chi connectivity index (χ1v) is 6.24. The zero-order valence-corrected chi connectivity index (χ0v) is 8.32. The molecular weight excluding hydrogens is 185 g/mol. The monoisotopic (exact) mass is 197 g/mol. The summed E-state index contributed by atoms with van der Waals surface area (Å²) in [5.74, 6) is 0. The Bertz CT molecular complexity index is 329. The highest BCUT2D eigenvalue weighted by Crippen LogP contribution is 2.33. The zero-order chi connectivity index (χ0) is 9.73. The van der Waals surface area contributed by atoms with E-state index in [4.69, 9.17) is 4.89 Å². The molecule has 3 nitrogen and oxygen atoms in total. The first kappa shape index (κ1) is 10.2. The van der Waals surface area contributed by atoms with E-state index in [-0.39, 0.29) is 6.16 Å². The molecule has 0 saturated heterocycles. The molecule has 0 aliphatic rings. The van der Waals surface area contributed by atoms with Gasteiger partial charge in [0, 0.05) is 12.9 Å². The van der Waals surface area contributed by atoms with Crippen molar-refractivity contribution in [3.63, 3.8) is 0 Å². The Morgan fingerprint density at radius 2 is 2.08 bits per heavy atom. The fourth-order valence-electron chi connectivity index (χ4n) is 0.812. The smallest absolute Gasteiger partial charge is 0.202 e. The number of rotatable bonds is 3. The summed E-state index contributed by atoms with van der Waals surface area (Å²) in [6.45, 7) is 1.32. The zero-order valence-electron chi connectivity index (χ0n) is 7.42. The maximum Gasteiger partial charge on any atom is 0.202 e. The summed E-state index contributed by atoms with van der Waals surface area (Å²) >= 11 is 0. The molecule has 1 unspecified atom stereocenters. The van der Waals surface area contributed by atoms with Gasteiger partial charge in [0.25, 0.3) is 0 Å². The molecule has 1 aromatic carbocycles. The maximum absolute atomic E-state index is 10.9. The van der Waals surface area contributed by atoms with Crippen molar-refractivity contribution in [3.05, 3.63) is 30.3 Å². The molecular formula is C9H12NO2P. The molecule has 0 heterocycles. The van der Waals surface area contributed by atoms with Crippen LogP contribution in [0.3, 0.4) is 0 Å². The van der Waals surface area contributed by atoms with E-state index in [0.29, 0.717) is 0 Å². The quantitative estimate of drug-likeness (QED) is 0.597. The van der Waals surface area contributed by atoms with Gasteiger partial charge in [0.1, 0.15) is 0 Å². The van der Waals surface area contributed by atoms with Crippen LogP contribution in [0.5, 0.6) is 0 Å². The molecule has 4 heteroatoms. The molecule has 1 rings (SSSR count). The van der Waals surface area contributed by atoms with Gasteiger partial charge in [0.15, 0.2) is 0 Å².